The summed E-state index contributed by atoms with van der Waals surface area (Å²) < 4.78 is 40.7. The lowest BCUT2D eigenvalue weighted by molar-refractivity contribution is -0.174. The molecule has 1 amide bonds. The molecule has 1 rings (SSSR count). The Kier molecular flexibility index (Phi) is 5.82. The van der Waals surface area contributed by atoms with Crippen molar-refractivity contribution in [1.29, 1.82) is 0 Å². The van der Waals surface area contributed by atoms with Gasteiger partial charge in [-0.25, -0.2) is 0 Å². The van der Waals surface area contributed by atoms with Crippen molar-refractivity contribution in [3.05, 3.63) is 28.2 Å². The van der Waals surface area contributed by atoms with E-state index in [0.717, 1.165) is 0 Å². The molecule has 0 heterocycles. The van der Waals surface area contributed by atoms with Crippen molar-refractivity contribution >= 4 is 21.8 Å². The van der Waals surface area contributed by atoms with Crippen LogP contribution in [0, 0.1) is 0 Å². The van der Waals surface area contributed by atoms with Gasteiger partial charge in [-0.3, -0.25) is 4.79 Å². The number of phenolic OH excluding ortho intramolecular Hbond substituents is 1. The highest BCUT2D eigenvalue weighted by atomic mass is 79.9. The Bertz CT molecular complexity index is 480. The molecular weight excluding hydrogens is 343 g/mol. The van der Waals surface area contributed by atoms with Gasteiger partial charge in [0, 0.05) is 10.5 Å². The smallest absolute Gasteiger partial charge is 0.411 e. The fourth-order valence-electron chi connectivity index (χ4n) is 1.38. The van der Waals surface area contributed by atoms with Crippen LogP contribution in [0.5, 0.6) is 5.75 Å². The average molecular weight is 356 g/mol. The number of halogens is 4. The van der Waals surface area contributed by atoms with E-state index in [9.17, 15) is 23.1 Å². The summed E-state index contributed by atoms with van der Waals surface area (Å²) in [6, 6.07) is 3.68. The van der Waals surface area contributed by atoms with Crippen LogP contribution in [0.1, 0.15) is 17.3 Å². The van der Waals surface area contributed by atoms with Crippen LogP contribution in [0.3, 0.4) is 0 Å². The SMILES string of the molecule is CC(COCC(F)(F)F)NC(=O)c1cc(Br)ccc1O. The van der Waals surface area contributed by atoms with Gasteiger partial charge in [0.1, 0.15) is 12.4 Å². The van der Waals surface area contributed by atoms with Crippen LogP contribution in [0.15, 0.2) is 22.7 Å². The van der Waals surface area contributed by atoms with Crippen LogP contribution in [-0.4, -0.2) is 36.4 Å². The Morgan fingerprint density at radius 1 is 1.50 bits per heavy atom. The second-order valence-corrected chi connectivity index (χ2v) is 5.08. The van der Waals surface area contributed by atoms with E-state index >= 15 is 0 Å². The zero-order valence-electron chi connectivity index (χ0n) is 10.5. The molecule has 2 N–H and O–H groups in total. The minimum atomic E-state index is -4.40. The summed E-state index contributed by atoms with van der Waals surface area (Å²) >= 11 is 3.15. The van der Waals surface area contributed by atoms with Gasteiger partial charge in [-0.1, -0.05) is 15.9 Å². The number of rotatable bonds is 5. The molecule has 0 spiro atoms. The van der Waals surface area contributed by atoms with Crippen molar-refractivity contribution in [2.75, 3.05) is 13.2 Å². The zero-order chi connectivity index (χ0) is 15.3. The highest BCUT2D eigenvalue weighted by Crippen LogP contribution is 2.21. The Hall–Kier alpha value is -1.28. The van der Waals surface area contributed by atoms with Crippen LogP contribution in [0.25, 0.3) is 0 Å². The number of benzene rings is 1. The van der Waals surface area contributed by atoms with Crippen LogP contribution < -0.4 is 5.32 Å². The zero-order valence-corrected chi connectivity index (χ0v) is 12.1. The van der Waals surface area contributed by atoms with E-state index in [2.05, 4.69) is 26.0 Å². The minimum absolute atomic E-state index is 0.0297. The molecule has 0 aromatic heterocycles. The largest absolute Gasteiger partial charge is 0.507 e. The fourth-order valence-corrected chi connectivity index (χ4v) is 1.75. The molecule has 1 aromatic rings. The van der Waals surface area contributed by atoms with Crippen molar-refractivity contribution in [2.24, 2.45) is 0 Å². The summed E-state index contributed by atoms with van der Waals surface area (Å²) in [5, 5.41) is 12.0. The van der Waals surface area contributed by atoms with Gasteiger partial charge in [-0.05, 0) is 25.1 Å². The number of alkyl halides is 3. The predicted octanol–water partition coefficient (Wildman–Crippen LogP) is 2.85. The first kappa shape index (κ1) is 16.8. The summed E-state index contributed by atoms with van der Waals surface area (Å²) in [6.07, 6.45) is -4.40. The minimum Gasteiger partial charge on any atom is -0.507 e. The molecule has 0 aliphatic carbocycles. The molecule has 0 saturated heterocycles. The Labute approximate surface area is 122 Å². The van der Waals surface area contributed by atoms with Gasteiger partial charge in [0.25, 0.3) is 5.91 Å². The molecular formula is C12H13BrF3NO3. The molecule has 0 bridgehead atoms. The van der Waals surface area contributed by atoms with Crippen LogP contribution in [0.2, 0.25) is 0 Å². The number of phenols is 1. The molecule has 0 aliphatic heterocycles. The quantitative estimate of drug-likeness (QED) is 0.853. The standard InChI is InChI=1S/C12H13BrF3NO3/c1-7(5-20-6-12(14,15)16)17-11(19)9-4-8(13)2-3-10(9)18/h2-4,7,18H,5-6H2,1H3,(H,17,19). The first-order chi connectivity index (χ1) is 9.19. The molecule has 0 aliphatic rings. The first-order valence-corrected chi connectivity index (χ1v) is 6.42. The van der Waals surface area contributed by atoms with Crippen molar-refractivity contribution in [3.63, 3.8) is 0 Å². The number of aromatic hydroxyl groups is 1. The molecule has 1 atom stereocenters. The second kappa shape index (κ2) is 6.94. The number of ether oxygens (including phenoxy) is 1. The maximum atomic E-state index is 11.9. The second-order valence-electron chi connectivity index (χ2n) is 4.17. The Morgan fingerprint density at radius 2 is 2.15 bits per heavy atom. The molecule has 20 heavy (non-hydrogen) atoms. The molecule has 0 fully saturated rings. The van der Waals surface area contributed by atoms with E-state index in [1.165, 1.54) is 19.1 Å². The Balaban J connectivity index is 2.51. The van der Waals surface area contributed by atoms with Gasteiger partial charge >= 0.3 is 6.18 Å². The van der Waals surface area contributed by atoms with Gasteiger partial charge in [0.05, 0.1) is 12.2 Å². The lowest BCUT2D eigenvalue weighted by Gasteiger charge is -2.15. The van der Waals surface area contributed by atoms with E-state index in [-0.39, 0.29) is 17.9 Å². The van der Waals surface area contributed by atoms with Gasteiger partial charge in [0.15, 0.2) is 0 Å². The summed E-state index contributed by atoms with van der Waals surface area (Å²) in [5.74, 6) is -0.805. The molecule has 0 radical (unpaired) electrons. The number of amides is 1. The first-order valence-electron chi connectivity index (χ1n) is 5.63. The van der Waals surface area contributed by atoms with E-state index in [1.807, 2.05) is 0 Å². The number of hydrogen-bond donors (Lipinski definition) is 2. The van der Waals surface area contributed by atoms with Crippen LogP contribution in [0.4, 0.5) is 13.2 Å². The maximum Gasteiger partial charge on any atom is 0.411 e. The molecule has 1 unspecified atom stereocenters. The number of carbonyl (C=O) groups excluding carboxylic acids is 1. The van der Waals surface area contributed by atoms with Crippen molar-refractivity contribution in [3.8, 4) is 5.75 Å². The van der Waals surface area contributed by atoms with Gasteiger partial charge in [-0.15, -0.1) is 0 Å². The lowest BCUT2D eigenvalue weighted by Crippen LogP contribution is -2.36. The van der Waals surface area contributed by atoms with E-state index in [1.54, 1.807) is 6.07 Å². The van der Waals surface area contributed by atoms with Crippen molar-refractivity contribution in [2.45, 2.75) is 19.1 Å². The van der Waals surface area contributed by atoms with E-state index < -0.39 is 24.7 Å². The van der Waals surface area contributed by atoms with Gasteiger partial charge in [0.2, 0.25) is 0 Å². The van der Waals surface area contributed by atoms with E-state index in [0.29, 0.717) is 4.47 Å². The predicted molar refractivity (Wildman–Crippen MR) is 69.6 cm³/mol. The maximum absolute atomic E-state index is 11.9. The average Bonchev–Trinajstić information content (AvgIpc) is 2.30. The third-order valence-corrected chi connectivity index (χ3v) is 2.71. The lowest BCUT2D eigenvalue weighted by atomic mass is 10.2. The number of nitrogens with one attached hydrogen (secondary N) is 1. The summed E-state index contributed by atoms with van der Waals surface area (Å²) in [4.78, 5) is 11.8. The van der Waals surface area contributed by atoms with E-state index in [4.69, 9.17) is 0 Å². The molecule has 0 saturated carbocycles. The Morgan fingerprint density at radius 3 is 2.75 bits per heavy atom. The number of carbonyl (C=O) groups is 1. The van der Waals surface area contributed by atoms with Gasteiger partial charge in [-0.2, -0.15) is 13.2 Å². The van der Waals surface area contributed by atoms with Crippen LogP contribution >= 0.6 is 15.9 Å². The topological polar surface area (TPSA) is 58.6 Å². The third kappa shape index (κ3) is 5.79. The highest BCUT2D eigenvalue weighted by molar-refractivity contribution is 9.10. The highest BCUT2D eigenvalue weighted by Gasteiger charge is 2.27. The van der Waals surface area contributed by atoms with Gasteiger partial charge < -0.3 is 15.2 Å². The summed E-state index contributed by atoms with van der Waals surface area (Å²) in [6.45, 7) is -0.140. The summed E-state index contributed by atoms with van der Waals surface area (Å²) in [7, 11) is 0. The van der Waals surface area contributed by atoms with Crippen molar-refractivity contribution in [1.82, 2.24) is 5.32 Å². The fraction of sp³-hybridized carbons (Fsp3) is 0.417. The summed E-state index contributed by atoms with van der Waals surface area (Å²) in [5.41, 5.74) is 0.0297. The number of hydrogen-bond acceptors (Lipinski definition) is 3. The molecule has 1 aromatic carbocycles. The monoisotopic (exact) mass is 355 g/mol. The molecule has 112 valence electrons. The molecule has 4 nitrogen and oxygen atoms in total. The van der Waals surface area contributed by atoms with Crippen LogP contribution in [-0.2, 0) is 4.74 Å². The third-order valence-electron chi connectivity index (χ3n) is 2.21. The normalized spacial score (nSPS) is 13.1. The van der Waals surface area contributed by atoms with Crippen molar-refractivity contribution < 1.29 is 27.8 Å². The molecule has 8 heteroatoms.